The van der Waals surface area contributed by atoms with Gasteiger partial charge in [-0.25, -0.2) is 5.01 Å². The molecule has 0 aromatic heterocycles. The number of hydrogen-bond acceptors (Lipinski definition) is 8. The average Bonchev–Trinajstić information content (AvgIpc) is 3.41. The van der Waals surface area contributed by atoms with Gasteiger partial charge in [0.1, 0.15) is 0 Å². The van der Waals surface area contributed by atoms with Crippen LogP contribution in [0.1, 0.15) is 33.9 Å². The van der Waals surface area contributed by atoms with Gasteiger partial charge >= 0.3 is 0 Å². The zero-order valence-corrected chi connectivity index (χ0v) is 22.8. The Morgan fingerprint density at radius 3 is 1.92 bits per heavy atom. The Balaban J connectivity index is 1.79. The van der Waals surface area contributed by atoms with E-state index in [-0.39, 0.29) is 11.9 Å². The zero-order chi connectivity index (χ0) is 27.4. The molecule has 1 heterocycles. The molecule has 1 amide bonds. The summed E-state index contributed by atoms with van der Waals surface area (Å²) in [6, 6.07) is 16.7. The maximum Gasteiger partial charge on any atom is 0.274 e. The smallest absolute Gasteiger partial charge is 0.274 e. The third kappa shape index (κ3) is 5.04. The minimum atomic E-state index is -0.319. The number of benzene rings is 3. The minimum absolute atomic E-state index is 0.290. The number of carbonyl (C=O) groups is 1. The van der Waals surface area contributed by atoms with E-state index in [1.54, 1.807) is 26.4 Å². The molecule has 4 rings (SSSR count). The molecule has 0 bridgehead atoms. The molecule has 0 saturated carbocycles. The molecule has 0 fully saturated rings. The van der Waals surface area contributed by atoms with Crippen molar-refractivity contribution in [2.75, 3.05) is 54.5 Å². The van der Waals surface area contributed by atoms with Crippen molar-refractivity contribution in [2.45, 2.75) is 12.5 Å². The van der Waals surface area contributed by atoms with Gasteiger partial charge < -0.3 is 28.6 Å². The van der Waals surface area contributed by atoms with Crippen molar-refractivity contribution in [1.29, 1.82) is 0 Å². The van der Waals surface area contributed by atoms with E-state index in [0.717, 1.165) is 22.5 Å². The first kappa shape index (κ1) is 26.7. The molecule has 0 radical (unpaired) electrons. The first-order valence-corrected chi connectivity index (χ1v) is 12.1. The Kier molecular flexibility index (Phi) is 7.95. The summed E-state index contributed by atoms with van der Waals surface area (Å²) in [5.74, 6) is 2.13. The Hall–Kier alpha value is -4.40. The number of nitrogens with zero attached hydrogens (tertiary/aromatic N) is 3. The Morgan fingerprint density at radius 2 is 1.39 bits per heavy atom. The second-order valence-corrected chi connectivity index (χ2v) is 8.89. The standard InChI is InChI=1S/C29H33N3O6/c1-31(2)21-11-8-18(9-12-21)23-17-22(19-10-13-24(34-3)25(14-19)35-4)30-32(23)29(33)20-15-26(36-5)28(38-7)27(16-20)37-6/h8-16,23H,17H2,1-7H3/t23-/m1/s1. The van der Waals surface area contributed by atoms with Gasteiger partial charge in [0.25, 0.3) is 5.91 Å². The third-order valence-corrected chi connectivity index (χ3v) is 6.54. The highest BCUT2D eigenvalue weighted by Crippen LogP contribution is 2.41. The van der Waals surface area contributed by atoms with Gasteiger partial charge in [-0.2, -0.15) is 5.10 Å². The Labute approximate surface area is 223 Å². The topological polar surface area (TPSA) is 82.1 Å². The van der Waals surface area contributed by atoms with Gasteiger partial charge in [-0.05, 0) is 48.0 Å². The molecule has 0 unspecified atom stereocenters. The van der Waals surface area contributed by atoms with E-state index in [9.17, 15) is 4.79 Å². The van der Waals surface area contributed by atoms with Crippen LogP contribution in [0, 0.1) is 0 Å². The molecular formula is C29H33N3O6. The zero-order valence-electron chi connectivity index (χ0n) is 22.8. The largest absolute Gasteiger partial charge is 0.493 e. The summed E-state index contributed by atoms with van der Waals surface area (Å²) in [7, 11) is 11.7. The van der Waals surface area contributed by atoms with Gasteiger partial charge in [0.05, 0.1) is 47.3 Å². The SMILES string of the molecule is COc1ccc(C2=NN(C(=O)c3cc(OC)c(OC)c(OC)c3)[C@@H](c3ccc(N(C)C)cc3)C2)cc1OC. The van der Waals surface area contributed by atoms with E-state index in [1.807, 2.05) is 61.5 Å². The summed E-state index contributed by atoms with van der Waals surface area (Å²) in [5, 5.41) is 6.34. The molecular weight excluding hydrogens is 486 g/mol. The van der Waals surface area contributed by atoms with Crippen molar-refractivity contribution in [3.8, 4) is 28.7 Å². The van der Waals surface area contributed by atoms with Crippen LogP contribution in [0.25, 0.3) is 0 Å². The second kappa shape index (κ2) is 11.3. The van der Waals surface area contributed by atoms with E-state index in [1.165, 1.54) is 26.3 Å². The van der Waals surface area contributed by atoms with E-state index < -0.39 is 0 Å². The fourth-order valence-electron chi connectivity index (χ4n) is 4.48. The summed E-state index contributed by atoms with van der Waals surface area (Å²) < 4.78 is 27.3. The lowest BCUT2D eigenvalue weighted by Crippen LogP contribution is -2.27. The predicted molar refractivity (Wildman–Crippen MR) is 146 cm³/mol. The van der Waals surface area contributed by atoms with Crippen molar-refractivity contribution >= 4 is 17.3 Å². The quantitative estimate of drug-likeness (QED) is 0.402. The first-order valence-electron chi connectivity index (χ1n) is 12.1. The summed E-state index contributed by atoms with van der Waals surface area (Å²) in [5.41, 5.74) is 4.00. The average molecular weight is 520 g/mol. The van der Waals surface area contributed by atoms with Crippen LogP contribution in [0.15, 0.2) is 59.7 Å². The highest BCUT2D eigenvalue weighted by atomic mass is 16.5. The van der Waals surface area contributed by atoms with Crippen molar-refractivity contribution in [1.82, 2.24) is 5.01 Å². The number of ether oxygens (including phenoxy) is 5. The van der Waals surface area contributed by atoms with E-state index in [0.29, 0.717) is 40.7 Å². The van der Waals surface area contributed by atoms with E-state index in [2.05, 4.69) is 0 Å². The monoisotopic (exact) mass is 519 g/mol. The molecule has 3 aromatic carbocycles. The Morgan fingerprint density at radius 1 is 0.789 bits per heavy atom. The summed E-state index contributed by atoms with van der Waals surface area (Å²) >= 11 is 0. The lowest BCUT2D eigenvalue weighted by atomic mass is 9.97. The van der Waals surface area contributed by atoms with Crippen LogP contribution in [-0.4, -0.2) is 66.3 Å². The number of hydrogen-bond donors (Lipinski definition) is 0. The van der Waals surface area contributed by atoms with Gasteiger partial charge in [-0.3, -0.25) is 4.79 Å². The number of methoxy groups -OCH3 is 5. The number of carbonyl (C=O) groups excluding carboxylic acids is 1. The third-order valence-electron chi connectivity index (χ3n) is 6.54. The molecule has 0 N–H and O–H groups in total. The maximum atomic E-state index is 14.0. The molecule has 38 heavy (non-hydrogen) atoms. The van der Waals surface area contributed by atoms with Gasteiger partial charge in [0.15, 0.2) is 23.0 Å². The van der Waals surface area contributed by atoms with Crippen LogP contribution in [-0.2, 0) is 0 Å². The second-order valence-electron chi connectivity index (χ2n) is 8.89. The normalized spacial score (nSPS) is 14.6. The summed E-state index contributed by atoms with van der Waals surface area (Å²) in [4.78, 5) is 16.0. The number of anilines is 1. The molecule has 0 spiro atoms. The van der Waals surface area contributed by atoms with Crippen molar-refractivity contribution in [3.63, 3.8) is 0 Å². The van der Waals surface area contributed by atoms with Crippen LogP contribution in [0.5, 0.6) is 28.7 Å². The highest BCUT2D eigenvalue weighted by Gasteiger charge is 2.35. The fraction of sp³-hybridized carbons (Fsp3) is 0.310. The molecule has 9 nitrogen and oxygen atoms in total. The summed E-state index contributed by atoms with van der Waals surface area (Å²) in [6.45, 7) is 0. The van der Waals surface area contributed by atoms with E-state index >= 15 is 0 Å². The maximum absolute atomic E-state index is 14.0. The van der Waals surface area contributed by atoms with Crippen molar-refractivity contribution in [3.05, 3.63) is 71.3 Å². The number of hydrazone groups is 1. The molecule has 3 aromatic rings. The minimum Gasteiger partial charge on any atom is -0.493 e. The van der Waals surface area contributed by atoms with Crippen LogP contribution in [0.3, 0.4) is 0 Å². The predicted octanol–water partition coefficient (Wildman–Crippen LogP) is 4.79. The van der Waals surface area contributed by atoms with Crippen LogP contribution in [0.2, 0.25) is 0 Å². The number of rotatable bonds is 9. The molecule has 9 heteroatoms. The molecule has 0 saturated heterocycles. The van der Waals surface area contributed by atoms with Gasteiger partial charge in [-0.1, -0.05) is 12.1 Å². The molecule has 200 valence electrons. The lowest BCUT2D eigenvalue weighted by molar-refractivity contribution is 0.0710. The Bertz CT molecular complexity index is 1310. The van der Waals surface area contributed by atoms with E-state index in [4.69, 9.17) is 28.8 Å². The van der Waals surface area contributed by atoms with Gasteiger partial charge in [-0.15, -0.1) is 0 Å². The van der Waals surface area contributed by atoms with Crippen LogP contribution < -0.4 is 28.6 Å². The highest BCUT2D eigenvalue weighted by molar-refractivity contribution is 6.05. The van der Waals surface area contributed by atoms with Gasteiger partial charge in [0, 0.05) is 37.3 Å². The summed E-state index contributed by atoms with van der Waals surface area (Å²) in [6.07, 6.45) is 0.521. The lowest BCUT2D eigenvalue weighted by Gasteiger charge is -2.23. The molecule has 1 aliphatic rings. The molecule has 1 atom stereocenters. The van der Waals surface area contributed by atoms with Crippen molar-refractivity contribution < 1.29 is 28.5 Å². The van der Waals surface area contributed by atoms with Gasteiger partial charge in [0.2, 0.25) is 5.75 Å². The fourth-order valence-corrected chi connectivity index (χ4v) is 4.48. The van der Waals surface area contributed by atoms with Crippen LogP contribution >= 0.6 is 0 Å². The molecule has 1 aliphatic heterocycles. The van der Waals surface area contributed by atoms with Crippen molar-refractivity contribution in [2.24, 2.45) is 5.10 Å². The molecule has 0 aliphatic carbocycles. The first-order chi connectivity index (χ1) is 18.3. The number of amides is 1. The van der Waals surface area contributed by atoms with Crippen LogP contribution in [0.4, 0.5) is 5.69 Å².